The Morgan fingerprint density at radius 3 is 2.62 bits per heavy atom. The van der Waals surface area contributed by atoms with Gasteiger partial charge in [-0.1, -0.05) is 17.7 Å². The quantitative estimate of drug-likeness (QED) is 0.672. The monoisotopic (exact) mass is 379 g/mol. The lowest BCUT2D eigenvalue weighted by atomic mass is 10.2. The minimum Gasteiger partial charge on any atom is -0.457 e. The standard InChI is InChI=1S/C17H14ClNO3S2/c18-14-5-3-13(4-6-14)17-8-7-15(22-17)9-11-24(20,21)19-12-16-2-1-10-23-16/h1-11,19H,12H2/b11-9+. The summed E-state index contributed by atoms with van der Waals surface area (Å²) in [6, 6.07) is 14.5. The van der Waals surface area contributed by atoms with Gasteiger partial charge in [0.15, 0.2) is 0 Å². The molecule has 1 N–H and O–H groups in total. The molecule has 0 fully saturated rings. The zero-order chi connectivity index (χ0) is 17.0. The maximum Gasteiger partial charge on any atom is 0.234 e. The van der Waals surface area contributed by atoms with Crippen molar-refractivity contribution in [1.82, 2.24) is 4.72 Å². The highest BCUT2D eigenvalue weighted by molar-refractivity contribution is 7.92. The fourth-order valence-electron chi connectivity index (χ4n) is 2.00. The molecule has 1 aromatic carbocycles. The molecule has 0 saturated carbocycles. The lowest BCUT2D eigenvalue weighted by Gasteiger charge is -2.00. The number of nitrogens with one attached hydrogen (secondary N) is 1. The van der Waals surface area contributed by atoms with Crippen LogP contribution in [0.1, 0.15) is 10.6 Å². The fourth-order valence-corrected chi connectivity index (χ4v) is 3.63. The van der Waals surface area contributed by atoms with Crippen LogP contribution >= 0.6 is 22.9 Å². The molecular formula is C17H14ClNO3S2. The van der Waals surface area contributed by atoms with E-state index in [-0.39, 0.29) is 6.54 Å². The third-order valence-electron chi connectivity index (χ3n) is 3.19. The first-order valence-electron chi connectivity index (χ1n) is 7.08. The Bertz CT molecular complexity index is 927. The predicted octanol–water partition coefficient (Wildman–Crippen LogP) is 4.75. The average Bonchev–Trinajstić information content (AvgIpc) is 3.24. The van der Waals surface area contributed by atoms with Crippen molar-refractivity contribution in [3.8, 4) is 11.3 Å². The van der Waals surface area contributed by atoms with Gasteiger partial charge < -0.3 is 4.42 Å². The van der Waals surface area contributed by atoms with Crippen LogP contribution in [0.4, 0.5) is 0 Å². The molecule has 0 aliphatic heterocycles. The van der Waals surface area contributed by atoms with Gasteiger partial charge in [-0.2, -0.15) is 0 Å². The number of benzene rings is 1. The van der Waals surface area contributed by atoms with Crippen molar-refractivity contribution in [2.75, 3.05) is 0 Å². The molecule has 0 radical (unpaired) electrons. The Labute approximate surface area is 149 Å². The van der Waals surface area contributed by atoms with Crippen molar-refractivity contribution in [1.29, 1.82) is 0 Å². The van der Waals surface area contributed by atoms with E-state index in [1.807, 2.05) is 29.6 Å². The van der Waals surface area contributed by atoms with E-state index in [2.05, 4.69) is 4.72 Å². The summed E-state index contributed by atoms with van der Waals surface area (Å²) in [6.07, 6.45) is 1.43. The predicted molar refractivity (Wildman–Crippen MR) is 98.3 cm³/mol. The second-order valence-electron chi connectivity index (χ2n) is 4.96. The smallest absolute Gasteiger partial charge is 0.234 e. The van der Waals surface area contributed by atoms with Crippen molar-refractivity contribution in [2.24, 2.45) is 0 Å². The highest BCUT2D eigenvalue weighted by Gasteiger charge is 2.07. The van der Waals surface area contributed by atoms with Crippen molar-refractivity contribution < 1.29 is 12.8 Å². The van der Waals surface area contributed by atoms with Gasteiger partial charge in [-0.05, 0) is 53.9 Å². The molecule has 0 aliphatic carbocycles. The molecule has 4 nitrogen and oxygen atoms in total. The van der Waals surface area contributed by atoms with Crippen LogP contribution in [-0.4, -0.2) is 8.42 Å². The fraction of sp³-hybridized carbons (Fsp3) is 0.0588. The average molecular weight is 380 g/mol. The first-order chi connectivity index (χ1) is 11.5. The van der Waals surface area contributed by atoms with Gasteiger partial charge in [0.1, 0.15) is 11.5 Å². The molecule has 24 heavy (non-hydrogen) atoms. The van der Waals surface area contributed by atoms with E-state index in [0.29, 0.717) is 16.5 Å². The van der Waals surface area contributed by atoms with Crippen LogP contribution in [0, 0.1) is 0 Å². The van der Waals surface area contributed by atoms with Gasteiger partial charge in [-0.3, -0.25) is 0 Å². The first kappa shape index (κ1) is 17.0. The van der Waals surface area contributed by atoms with Gasteiger partial charge in [0.25, 0.3) is 0 Å². The summed E-state index contributed by atoms with van der Waals surface area (Å²) in [5.41, 5.74) is 0.873. The number of thiophene rings is 1. The molecule has 2 aromatic heterocycles. The molecule has 0 bridgehead atoms. The summed E-state index contributed by atoms with van der Waals surface area (Å²) < 4.78 is 32.1. The molecule has 0 saturated heterocycles. The second kappa shape index (κ2) is 7.36. The normalized spacial score (nSPS) is 12.0. The maximum absolute atomic E-state index is 12.0. The summed E-state index contributed by atoms with van der Waals surface area (Å²) in [5, 5.41) is 3.65. The van der Waals surface area contributed by atoms with Gasteiger partial charge in [-0.25, -0.2) is 13.1 Å². The van der Waals surface area contributed by atoms with Crippen molar-refractivity contribution >= 4 is 39.0 Å². The molecule has 0 spiro atoms. The molecule has 7 heteroatoms. The number of hydrogen-bond acceptors (Lipinski definition) is 4. The summed E-state index contributed by atoms with van der Waals surface area (Å²) in [6.45, 7) is 0.276. The Kier molecular flexibility index (Phi) is 5.20. The summed E-state index contributed by atoms with van der Waals surface area (Å²) >= 11 is 7.36. The largest absolute Gasteiger partial charge is 0.457 e. The summed E-state index contributed by atoms with van der Waals surface area (Å²) in [4.78, 5) is 0.954. The van der Waals surface area contributed by atoms with Crippen LogP contribution in [0.2, 0.25) is 5.02 Å². The van der Waals surface area contributed by atoms with Gasteiger partial charge in [-0.15, -0.1) is 11.3 Å². The minimum atomic E-state index is -3.52. The molecule has 0 aliphatic rings. The van der Waals surface area contributed by atoms with E-state index < -0.39 is 10.0 Å². The van der Waals surface area contributed by atoms with E-state index in [9.17, 15) is 8.42 Å². The number of furan rings is 1. The Morgan fingerprint density at radius 2 is 1.92 bits per heavy atom. The molecule has 2 heterocycles. The van der Waals surface area contributed by atoms with E-state index in [0.717, 1.165) is 15.8 Å². The van der Waals surface area contributed by atoms with Gasteiger partial charge in [0.05, 0.1) is 0 Å². The van der Waals surface area contributed by atoms with Crippen LogP contribution in [0.5, 0.6) is 0 Å². The van der Waals surface area contributed by atoms with E-state index in [1.54, 1.807) is 24.3 Å². The SMILES string of the molecule is O=S(=O)(/C=C/c1ccc(-c2ccc(Cl)cc2)o1)NCc1cccs1. The van der Waals surface area contributed by atoms with E-state index in [4.69, 9.17) is 16.0 Å². The lowest BCUT2D eigenvalue weighted by Crippen LogP contribution is -2.19. The van der Waals surface area contributed by atoms with Crippen LogP contribution < -0.4 is 4.72 Å². The van der Waals surface area contributed by atoms with Crippen molar-refractivity contribution in [3.63, 3.8) is 0 Å². The molecule has 3 aromatic rings. The topological polar surface area (TPSA) is 59.3 Å². The second-order valence-corrected chi connectivity index (χ2v) is 8.08. The Morgan fingerprint density at radius 1 is 1.12 bits per heavy atom. The zero-order valence-corrected chi connectivity index (χ0v) is 14.9. The number of hydrogen-bond donors (Lipinski definition) is 1. The van der Waals surface area contributed by atoms with Crippen LogP contribution in [0.25, 0.3) is 17.4 Å². The van der Waals surface area contributed by atoms with Crippen molar-refractivity contribution in [3.05, 3.63) is 75.0 Å². The zero-order valence-electron chi connectivity index (χ0n) is 12.5. The number of rotatable bonds is 6. The third kappa shape index (κ3) is 4.58. The molecule has 3 rings (SSSR count). The Hall–Kier alpha value is -1.86. The summed E-state index contributed by atoms with van der Waals surface area (Å²) in [5.74, 6) is 1.11. The van der Waals surface area contributed by atoms with Gasteiger partial charge in [0.2, 0.25) is 10.0 Å². The van der Waals surface area contributed by atoms with Gasteiger partial charge >= 0.3 is 0 Å². The number of sulfonamides is 1. The van der Waals surface area contributed by atoms with Crippen molar-refractivity contribution in [2.45, 2.75) is 6.54 Å². The van der Waals surface area contributed by atoms with E-state index >= 15 is 0 Å². The molecule has 124 valence electrons. The molecule has 0 atom stereocenters. The molecular weight excluding hydrogens is 366 g/mol. The molecule has 0 amide bonds. The Balaban J connectivity index is 1.67. The van der Waals surface area contributed by atoms with Crippen LogP contribution in [0.15, 0.2) is 63.7 Å². The number of halogens is 1. The molecule has 0 unspecified atom stereocenters. The highest BCUT2D eigenvalue weighted by Crippen LogP contribution is 2.24. The van der Waals surface area contributed by atoms with E-state index in [1.165, 1.54) is 17.4 Å². The third-order valence-corrected chi connectivity index (χ3v) is 5.36. The maximum atomic E-state index is 12.0. The van der Waals surface area contributed by atoms with Gasteiger partial charge in [0, 0.05) is 27.4 Å². The van der Waals surface area contributed by atoms with Crippen LogP contribution in [-0.2, 0) is 16.6 Å². The highest BCUT2D eigenvalue weighted by atomic mass is 35.5. The first-order valence-corrected chi connectivity index (χ1v) is 9.88. The minimum absolute atomic E-state index is 0.276. The summed E-state index contributed by atoms with van der Waals surface area (Å²) in [7, 11) is -3.52. The van der Waals surface area contributed by atoms with Crippen LogP contribution in [0.3, 0.4) is 0 Å². The lowest BCUT2D eigenvalue weighted by molar-refractivity contribution is 0.571.